The average molecular weight is 323 g/mol. The molecule has 0 saturated carbocycles. The Balaban J connectivity index is 2.03. The lowest BCUT2D eigenvalue weighted by Gasteiger charge is -2.06. The summed E-state index contributed by atoms with van der Waals surface area (Å²) in [6, 6.07) is 5.31. The molecule has 112 valence electrons. The Morgan fingerprint density at radius 1 is 1.43 bits per heavy atom. The first kappa shape index (κ1) is 15.8. The highest BCUT2D eigenvalue weighted by molar-refractivity contribution is 8.01. The van der Waals surface area contributed by atoms with Crippen LogP contribution in [0.1, 0.15) is 29.3 Å². The van der Waals surface area contributed by atoms with Gasteiger partial charge in [-0.3, -0.25) is 10.1 Å². The van der Waals surface area contributed by atoms with Crippen molar-refractivity contribution in [3.8, 4) is 5.75 Å². The monoisotopic (exact) mass is 323 g/mol. The van der Waals surface area contributed by atoms with Crippen molar-refractivity contribution in [1.29, 1.82) is 0 Å². The molecule has 7 heteroatoms. The third kappa shape index (κ3) is 4.18. The Labute approximate surface area is 132 Å². The molecule has 0 spiro atoms. The van der Waals surface area contributed by atoms with Crippen molar-refractivity contribution in [3.63, 3.8) is 0 Å². The van der Waals surface area contributed by atoms with E-state index in [4.69, 9.17) is 4.74 Å². The topological polar surface area (TPSA) is 64.1 Å². The van der Waals surface area contributed by atoms with E-state index in [1.807, 2.05) is 6.92 Å². The molecule has 0 unspecified atom stereocenters. The molecule has 1 heterocycles. The molecule has 5 nitrogen and oxygen atoms in total. The number of nitrogens with zero attached hydrogens (tertiary/aromatic N) is 2. The van der Waals surface area contributed by atoms with Crippen LogP contribution in [0.2, 0.25) is 0 Å². The van der Waals surface area contributed by atoms with Crippen LogP contribution in [0, 0.1) is 6.92 Å². The van der Waals surface area contributed by atoms with Gasteiger partial charge in [0.2, 0.25) is 5.13 Å². The third-order valence-electron chi connectivity index (χ3n) is 2.71. The zero-order valence-electron chi connectivity index (χ0n) is 12.2. The van der Waals surface area contributed by atoms with E-state index in [-0.39, 0.29) is 5.91 Å². The number of carbonyl (C=O) groups excluding carboxylic acids is 1. The van der Waals surface area contributed by atoms with Gasteiger partial charge in [-0.25, -0.2) is 0 Å². The van der Waals surface area contributed by atoms with Crippen LogP contribution in [-0.4, -0.2) is 29.0 Å². The van der Waals surface area contributed by atoms with Crippen molar-refractivity contribution < 1.29 is 9.53 Å². The Bertz CT molecular complexity index is 628. The highest BCUT2D eigenvalue weighted by atomic mass is 32.2. The minimum Gasteiger partial charge on any atom is -0.496 e. The van der Waals surface area contributed by atoms with E-state index in [1.165, 1.54) is 11.3 Å². The summed E-state index contributed by atoms with van der Waals surface area (Å²) in [5.41, 5.74) is 1.49. The Hall–Kier alpha value is -1.60. The first-order chi connectivity index (χ1) is 10.1. The van der Waals surface area contributed by atoms with Crippen LogP contribution >= 0.6 is 23.1 Å². The van der Waals surface area contributed by atoms with Crippen LogP contribution in [0.15, 0.2) is 22.5 Å². The number of anilines is 1. The summed E-state index contributed by atoms with van der Waals surface area (Å²) in [7, 11) is 1.61. The molecule has 2 rings (SSSR count). The first-order valence-electron chi connectivity index (χ1n) is 6.56. The molecule has 0 aliphatic carbocycles. The van der Waals surface area contributed by atoms with Gasteiger partial charge < -0.3 is 4.74 Å². The number of amides is 1. The Kier molecular flexibility index (Phi) is 5.58. The molecule has 0 bridgehead atoms. The highest BCUT2D eigenvalue weighted by Gasteiger charge is 2.11. The second-order valence-electron chi connectivity index (χ2n) is 4.36. The second-order valence-corrected chi connectivity index (χ2v) is 6.68. The molecule has 1 aromatic heterocycles. The normalized spacial score (nSPS) is 10.4. The van der Waals surface area contributed by atoms with Gasteiger partial charge in [-0.05, 0) is 37.1 Å². The summed E-state index contributed by atoms with van der Waals surface area (Å²) in [5.74, 6) is 1.57. The van der Waals surface area contributed by atoms with Gasteiger partial charge in [0.15, 0.2) is 4.34 Å². The molecular formula is C14H17N3O2S2. The van der Waals surface area contributed by atoms with Gasteiger partial charge in [-0.1, -0.05) is 30.0 Å². The van der Waals surface area contributed by atoms with Gasteiger partial charge in [0.05, 0.1) is 7.11 Å². The molecule has 1 amide bonds. The summed E-state index contributed by atoms with van der Waals surface area (Å²) in [4.78, 5) is 12.2. The Morgan fingerprint density at radius 2 is 2.24 bits per heavy atom. The van der Waals surface area contributed by atoms with Crippen LogP contribution in [0.25, 0.3) is 0 Å². The maximum atomic E-state index is 12.2. The van der Waals surface area contributed by atoms with E-state index in [0.717, 1.165) is 27.8 Å². The van der Waals surface area contributed by atoms with Gasteiger partial charge >= 0.3 is 0 Å². The van der Waals surface area contributed by atoms with Gasteiger partial charge in [0, 0.05) is 11.3 Å². The SMILES string of the molecule is CCCSc1nnc(NC(=O)c2ccc(OC)c(C)c2)s1. The molecule has 0 atom stereocenters. The molecule has 0 aliphatic heterocycles. The van der Waals surface area contributed by atoms with Crippen molar-refractivity contribution in [3.05, 3.63) is 29.3 Å². The van der Waals surface area contributed by atoms with Crippen molar-refractivity contribution in [2.45, 2.75) is 24.6 Å². The molecule has 21 heavy (non-hydrogen) atoms. The van der Waals surface area contributed by atoms with E-state index in [9.17, 15) is 4.79 Å². The number of hydrogen-bond acceptors (Lipinski definition) is 6. The smallest absolute Gasteiger partial charge is 0.257 e. The average Bonchev–Trinajstić information content (AvgIpc) is 2.92. The second kappa shape index (κ2) is 7.42. The molecular weight excluding hydrogens is 306 g/mol. The Morgan fingerprint density at radius 3 is 2.90 bits per heavy atom. The fraction of sp³-hybridized carbons (Fsp3) is 0.357. The van der Waals surface area contributed by atoms with Crippen LogP contribution < -0.4 is 10.1 Å². The number of nitrogens with one attached hydrogen (secondary N) is 1. The van der Waals surface area contributed by atoms with Gasteiger partial charge in [-0.15, -0.1) is 10.2 Å². The predicted octanol–water partition coefficient (Wildman–Crippen LogP) is 3.61. The molecule has 0 fully saturated rings. The maximum absolute atomic E-state index is 12.2. The predicted molar refractivity (Wildman–Crippen MR) is 86.6 cm³/mol. The first-order valence-corrected chi connectivity index (χ1v) is 8.36. The molecule has 0 aliphatic rings. The van der Waals surface area contributed by atoms with E-state index in [2.05, 4.69) is 22.4 Å². The van der Waals surface area contributed by atoms with Gasteiger partial charge in [0.1, 0.15) is 5.75 Å². The number of methoxy groups -OCH3 is 1. The molecule has 1 aromatic carbocycles. The van der Waals surface area contributed by atoms with Crippen molar-refractivity contribution in [1.82, 2.24) is 10.2 Å². The standard InChI is InChI=1S/C14H17N3O2S2/c1-4-7-20-14-17-16-13(21-14)15-12(18)10-5-6-11(19-3)9(2)8-10/h5-6,8H,4,7H2,1-3H3,(H,15,16,18). The van der Waals surface area contributed by atoms with Crippen LogP contribution in [0.4, 0.5) is 5.13 Å². The van der Waals surface area contributed by atoms with Crippen LogP contribution in [0.5, 0.6) is 5.75 Å². The molecule has 0 radical (unpaired) electrons. The summed E-state index contributed by atoms with van der Waals surface area (Å²) in [6.07, 6.45) is 1.08. The van der Waals surface area contributed by atoms with E-state index >= 15 is 0 Å². The quantitative estimate of drug-likeness (QED) is 0.650. The largest absolute Gasteiger partial charge is 0.496 e. The van der Waals surface area contributed by atoms with Gasteiger partial charge in [0.25, 0.3) is 5.91 Å². The van der Waals surface area contributed by atoms with Crippen LogP contribution in [0.3, 0.4) is 0 Å². The minimum atomic E-state index is -0.191. The van der Waals surface area contributed by atoms with Crippen LogP contribution in [-0.2, 0) is 0 Å². The van der Waals surface area contributed by atoms with Crippen molar-refractivity contribution >= 4 is 34.1 Å². The summed E-state index contributed by atoms with van der Waals surface area (Å²) in [6.45, 7) is 4.02. The summed E-state index contributed by atoms with van der Waals surface area (Å²) < 4.78 is 6.06. The summed E-state index contributed by atoms with van der Waals surface area (Å²) in [5, 5.41) is 11.3. The fourth-order valence-corrected chi connectivity index (χ4v) is 3.37. The lowest BCUT2D eigenvalue weighted by Crippen LogP contribution is -2.12. The van der Waals surface area contributed by atoms with Gasteiger partial charge in [-0.2, -0.15) is 0 Å². The number of thioether (sulfide) groups is 1. The minimum absolute atomic E-state index is 0.191. The lowest BCUT2D eigenvalue weighted by atomic mass is 10.1. The highest BCUT2D eigenvalue weighted by Crippen LogP contribution is 2.26. The number of rotatable bonds is 6. The zero-order chi connectivity index (χ0) is 15.2. The molecule has 2 aromatic rings. The number of carbonyl (C=O) groups is 1. The number of aryl methyl sites for hydroxylation is 1. The van der Waals surface area contributed by atoms with Crippen molar-refractivity contribution in [2.75, 3.05) is 18.2 Å². The lowest BCUT2D eigenvalue weighted by molar-refractivity contribution is 0.102. The fourth-order valence-electron chi connectivity index (χ4n) is 1.70. The number of hydrogen-bond donors (Lipinski definition) is 1. The van der Waals surface area contributed by atoms with E-state index in [0.29, 0.717) is 10.7 Å². The zero-order valence-corrected chi connectivity index (χ0v) is 13.8. The maximum Gasteiger partial charge on any atom is 0.257 e. The summed E-state index contributed by atoms with van der Waals surface area (Å²) >= 11 is 3.04. The van der Waals surface area contributed by atoms with E-state index < -0.39 is 0 Å². The number of ether oxygens (including phenoxy) is 1. The number of aromatic nitrogens is 2. The molecule has 0 saturated heterocycles. The van der Waals surface area contributed by atoms with Crippen molar-refractivity contribution in [2.24, 2.45) is 0 Å². The third-order valence-corrected chi connectivity index (χ3v) is 4.89. The molecule has 1 N–H and O–H groups in total. The number of benzene rings is 1. The van der Waals surface area contributed by atoms with E-state index in [1.54, 1.807) is 37.1 Å².